The maximum absolute atomic E-state index is 11.9. The van der Waals surface area contributed by atoms with Crippen LogP contribution in [0.25, 0.3) is 0 Å². The standard InChI is InChI=1S/C14H20N2O/c1-3-15-14(17)12-9-11-7-5-6-8-13(11)16(4-2)10-12/h5-8,12H,3-4,9-10H2,1-2H3,(H,15,17)/t12-/m0/s1. The van der Waals surface area contributed by atoms with Crippen LogP contribution < -0.4 is 10.2 Å². The largest absolute Gasteiger partial charge is 0.371 e. The quantitative estimate of drug-likeness (QED) is 0.862. The summed E-state index contributed by atoms with van der Waals surface area (Å²) in [5, 5.41) is 2.93. The highest BCUT2D eigenvalue weighted by atomic mass is 16.1. The van der Waals surface area contributed by atoms with E-state index in [1.165, 1.54) is 11.3 Å². The minimum Gasteiger partial charge on any atom is -0.371 e. The van der Waals surface area contributed by atoms with Gasteiger partial charge in [-0.2, -0.15) is 0 Å². The van der Waals surface area contributed by atoms with E-state index in [1.54, 1.807) is 0 Å². The minimum absolute atomic E-state index is 0.0878. The zero-order chi connectivity index (χ0) is 12.3. The van der Waals surface area contributed by atoms with Crippen LogP contribution in [0, 0.1) is 5.92 Å². The highest BCUT2D eigenvalue weighted by Crippen LogP contribution is 2.29. The van der Waals surface area contributed by atoms with Crippen LogP contribution in [0.15, 0.2) is 24.3 Å². The van der Waals surface area contributed by atoms with E-state index >= 15 is 0 Å². The summed E-state index contributed by atoms with van der Waals surface area (Å²) in [4.78, 5) is 14.2. The first kappa shape index (κ1) is 12.0. The predicted molar refractivity (Wildman–Crippen MR) is 70.2 cm³/mol. The molecule has 1 aromatic carbocycles. The Hall–Kier alpha value is -1.51. The van der Waals surface area contributed by atoms with Crippen LogP contribution in [0.3, 0.4) is 0 Å². The van der Waals surface area contributed by atoms with Gasteiger partial charge in [0.15, 0.2) is 0 Å². The van der Waals surface area contributed by atoms with Gasteiger partial charge in [-0.3, -0.25) is 4.79 Å². The number of fused-ring (bicyclic) bond motifs is 1. The van der Waals surface area contributed by atoms with Gasteiger partial charge in [-0.25, -0.2) is 0 Å². The first-order chi connectivity index (χ1) is 8.26. The van der Waals surface area contributed by atoms with Crippen molar-refractivity contribution in [2.45, 2.75) is 20.3 Å². The first-order valence-electron chi connectivity index (χ1n) is 6.36. The number of hydrogen-bond donors (Lipinski definition) is 1. The Bertz CT molecular complexity index is 403. The molecule has 0 radical (unpaired) electrons. The molecular weight excluding hydrogens is 212 g/mol. The minimum atomic E-state index is 0.0878. The molecule has 3 heteroatoms. The highest BCUT2D eigenvalue weighted by Gasteiger charge is 2.27. The maximum atomic E-state index is 11.9. The zero-order valence-corrected chi connectivity index (χ0v) is 10.6. The van der Waals surface area contributed by atoms with E-state index in [-0.39, 0.29) is 11.8 Å². The summed E-state index contributed by atoms with van der Waals surface area (Å²) in [5.74, 6) is 0.269. The van der Waals surface area contributed by atoms with E-state index < -0.39 is 0 Å². The number of nitrogens with zero attached hydrogens (tertiary/aromatic N) is 1. The Balaban J connectivity index is 2.21. The molecule has 1 aromatic rings. The van der Waals surface area contributed by atoms with Crippen LogP contribution in [0.2, 0.25) is 0 Å². The Morgan fingerprint density at radius 2 is 2.18 bits per heavy atom. The number of amides is 1. The van der Waals surface area contributed by atoms with Gasteiger partial charge in [0.1, 0.15) is 0 Å². The van der Waals surface area contributed by atoms with Gasteiger partial charge >= 0.3 is 0 Å². The van der Waals surface area contributed by atoms with Crippen LogP contribution in [-0.4, -0.2) is 25.5 Å². The summed E-state index contributed by atoms with van der Waals surface area (Å²) < 4.78 is 0. The number of hydrogen-bond acceptors (Lipinski definition) is 2. The number of rotatable bonds is 3. The van der Waals surface area contributed by atoms with Crippen LogP contribution in [-0.2, 0) is 11.2 Å². The summed E-state index contributed by atoms with van der Waals surface area (Å²) in [6, 6.07) is 8.39. The third-order valence-corrected chi connectivity index (χ3v) is 3.34. The van der Waals surface area contributed by atoms with E-state index in [9.17, 15) is 4.79 Å². The van der Waals surface area contributed by atoms with E-state index in [0.29, 0.717) is 6.54 Å². The second kappa shape index (κ2) is 5.21. The van der Waals surface area contributed by atoms with Gasteiger partial charge in [0.05, 0.1) is 5.92 Å². The van der Waals surface area contributed by atoms with Crippen molar-refractivity contribution in [3.8, 4) is 0 Å². The molecule has 1 atom stereocenters. The average molecular weight is 232 g/mol. The van der Waals surface area contributed by atoms with Gasteiger partial charge in [0.2, 0.25) is 5.91 Å². The van der Waals surface area contributed by atoms with Crippen molar-refractivity contribution >= 4 is 11.6 Å². The van der Waals surface area contributed by atoms with Gasteiger partial charge < -0.3 is 10.2 Å². The summed E-state index contributed by atoms with van der Waals surface area (Å²) in [6.07, 6.45) is 0.860. The molecule has 0 fully saturated rings. The molecule has 0 unspecified atom stereocenters. The van der Waals surface area contributed by atoms with Crippen molar-refractivity contribution in [3.05, 3.63) is 29.8 Å². The van der Waals surface area contributed by atoms with Crippen molar-refractivity contribution < 1.29 is 4.79 Å². The number of benzene rings is 1. The third kappa shape index (κ3) is 2.43. The van der Waals surface area contributed by atoms with Gasteiger partial charge in [-0.1, -0.05) is 18.2 Å². The number of nitrogens with one attached hydrogen (secondary N) is 1. The fourth-order valence-electron chi connectivity index (χ4n) is 2.48. The number of anilines is 1. The van der Waals surface area contributed by atoms with Crippen LogP contribution in [0.1, 0.15) is 19.4 Å². The number of carbonyl (C=O) groups excluding carboxylic acids is 1. The molecule has 2 rings (SSSR count). The average Bonchev–Trinajstić information content (AvgIpc) is 2.37. The predicted octanol–water partition coefficient (Wildman–Crippen LogP) is 1.82. The normalized spacial score (nSPS) is 18.7. The lowest BCUT2D eigenvalue weighted by atomic mass is 9.92. The Kier molecular flexibility index (Phi) is 3.67. The molecular formula is C14H20N2O. The molecule has 17 heavy (non-hydrogen) atoms. The third-order valence-electron chi connectivity index (χ3n) is 3.34. The van der Waals surface area contributed by atoms with Crippen molar-refractivity contribution in [2.75, 3.05) is 24.5 Å². The fraction of sp³-hybridized carbons (Fsp3) is 0.500. The van der Waals surface area contributed by atoms with Crippen LogP contribution in [0.5, 0.6) is 0 Å². The molecule has 1 aliphatic heterocycles. The van der Waals surface area contributed by atoms with Crippen LogP contribution in [0.4, 0.5) is 5.69 Å². The molecule has 1 amide bonds. The lowest BCUT2D eigenvalue weighted by molar-refractivity contribution is -0.124. The molecule has 1 N–H and O–H groups in total. The molecule has 0 aromatic heterocycles. The van der Waals surface area contributed by atoms with Gasteiger partial charge in [0.25, 0.3) is 0 Å². The topological polar surface area (TPSA) is 32.3 Å². The second-order valence-corrected chi connectivity index (χ2v) is 4.46. The van der Waals surface area contributed by atoms with Crippen molar-refractivity contribution in [1.29, 1.82) is 0 Å². The second-order valence-electron chi connectivity index (χ2n) is 4.46. The molecule has 0 saturated carbocycles. The summed E-state index contributed by atoms with van der Waals surface area (Å²) in [5.41, 5.74) is 2.58. The Labute approximate surface area is 103 Å². The first-order valence-corrected chi connectivity index (χ1v) is 6.36. The molecule has 3 nitrogen and oxygen atoms in total. The lowest BCUT2D eigenvalue weighted by Crippen LogP contribution is -2.43. The van der Waals surface area contributed by atoms with E-state index in [4.69, 9.17) is 0 Å². The SMILES string of the molecule is CCNC(=O)[C@H]1Cc2ccccc2N(CC)C1. The van der Waals surface area contributed by atoms with Crippen molar-refractivity contribution in [2.24, 2.45) is 5.92 Å². The molecule has 0 aliphatic carbocycles. The van der Waals surface area contributed by atoms with Crippen LogP contribution >= 0.6 is 0 Å². The summed E-state index contributed by atoms with van der Waals surface area (Å²) in [6.45, 7) is 6.60. The molecule has 0 bridgehead atoms. The molecule has 92 valence electrons. The molecule has 1 aliphatic rings. The molecule has 0 saturated heterocycles. The highest BCUT2D eigenvalue weighted by molar-refractivity contribution is 5.81. The molecule has 1 heterocycles. The van der Waals surface area contributed by atoms with Gasteiger partial charge in [0, 0.05) is 25.3 Å². The van der Waals surface area contributed by atoms with E-state index in [1.807, 2.05) is 13.0 Å². The maximum Gasteiger partial charge on any atom is 0.225 e. The van der Waals surface area contributed by atoms with E-state index in [0.717, 1.165) is 19.5 Å². The Morgan fingerprint density at radius 1 is 1.41 bits per heavy atom. The molecule has 0 spiro atoms. The monoisotopic (exact) mass is 232 g/mol. The summed E-state index contributed by atoms with van der Waals surface area (Å²) >= 11 is 0. The number of carbonyl (C=O) groups is 1. The lowest BCUT2D eigenvalue weighted by Gasteiger charge is -2.34. The van der Waals surface area contributed by atoms with Gasteiger partial charge in [-0.05, 0) is 31.9 Å². The smallest absolute Gasteiger partial charge is 0.225 e. The van der Waals surface area contributed by atoms with Crippen molar-refractivity contribution in [3.63, 3.8) is 0 Å². The number of para-hydroxylation sites is 1. The fourth-order valence-corrected chi connectivity index (χ4v) is 2.48. The van der Waals surface area contributed by atoms with E-state index in [2.05, 4.69) is 35.3 Å². The zero-order valence-electron chi connectivity index (χ0n) is 10.6. The Morgan fingerprint density at radius 3 is 2.88 bits per heavy atom. The van der Waals surface area contributed by atoms with Gasteiger partial charge in [-0.15, -0.1) is 0 Å². The van der Waals surface area contributed by atoms with Crippen molar-refractivity contribution in [1.82, 2.24) is 5.32 Å². The summed E-state index contributed by atoms with van der Waals surface area (Å²) in [7, 11) is 0.